The summed E-state index contributed by atoms with van der Waals surface area (Å²) in [5.74, 6) is -0.487. The first kappa shape index (κ1) is 17.7. The third kappa shape index (κ3) is 3.62. The molecule has 2 atom stereocenters. The molecule has 3 amide bonds. The van der Waals surface area contributed by atoms with Crippen LogP contribution in [0.1, 0.15) is 23.6 Å². The van der Waals surface area contributed by atoms with Crippen LogP contribution < -0.4 is 5.32 Å². The molecule has 1 aromatic rings. The molecule has 1 aromatic carbocycles. The molecule has 136 valence electrons. The van der Waals surface area contributed by atoms with Gasteiger partial charge in [0.05, 0.1) is 18.2 Å². The van der Waals surface area contributed by atoms with Gasteiger partial charge in [-0.1, -0.05) is 18.2 Å². The molecule has 0 spiro atoms. The van der Waals surface area contributed by atoms with E-state index in [0.717, 1.165) is 11.0 Å². The molecule has 0 saturated carbocycles. The molecule has 2 heterocycles. The van der Waals surface area contributed by atoms with Gasteiger partial charge in [0, 0.05) is 25.7 Å². The maximum absolute atomic E-state index is 13.3. The Balaban J connectivity index is 1.83. The molecule has 0 bridgehead atoms. The van der Waals surface area contributed by atoms with Gasteiger partial charge in [0.1, 0.15) is 0 Å². The van der Waals surface area contributed by atoms with Crippen LogP contribution in [-0.2, 0) is 11.0 Å². The third-order valence-corrected chi connectivity index (χ3v) is 4.50. The summed E-state index contributed by atoms with van der Waals surface area (Å²) in [5, 5.41) is 12.4. The number of carbonyl (C=O) groups is 2. The van der Waals surface area contributed by atoms with Crippen molar-refractivity contribution in [1.82, 2.24) is 15.1 Å². The van der Waals surface area contributed by atoms with Gasteiger partial charge in [-0.05, 0) is 18.1 Å². The Morgan fingerprint density at radius 3 is 2.68 bits per heavy atom. The van der Waals surface area contributed by atoms with E-state index in [9.17, 15) is 27.9 Å². The predicted octanol–water partition coefficient (Wildman–Crippen LogP) is 1.36. The maximum atomic E-state index is 13.3. The molecule has 2 aliphatic heterocycles. The summed E-state index contributed by atoms with van der Waals surface area (Å²) in [4.78, 5) is 26.4. The molecule has 0 aliphatic carbocycles. The van der Waals surface area contributed by atoms with E-state index >= 15 is 0 Å². The van der Waals surface area contributed by atoms with Crippen LogP contribution in [0.25, 0.3) is 0 Å². The van der Waals surface area contributed by atoms with E-state index in [2.05, 4.69) is 5.32 Å². The molecule has 2 N–H and O–H groups in total. The quantitative estimate of drug-likeness (QED) is 0.857. The number of aliphatic hydroxyl groups excluding tert-OH is 1. The molecule has 2 saturated heterocycles. The second kappa shape index (κ2) is 6.64. The largest absolute Gasteiger partial charge is 0.416 e. The van der Waals surface area contributed by atoms with Gasteiger partial charge in [-0.15, -0.1) is 0 Å². The fourth-order valence-electron chi connectivity index (χ4n) is 3.39. The molecule has 2 aliphatic rings. The highest BCUT2D eigenvalue weighted by Gasteiger charge is 2.41. The number of imide groups is 1. The van der Waals surface area contributed by atoms with Crippen molar-refractivity contribution in [3.8, 4) is 0 Å². The van der Waals surface area contributed by atoms with Crippen molar-refractivity contribution in [3.63, 3.8) is 0 Å². The topological polar surface area (TPSA) is 72.9 Å². The lowest BCUT2D eigenvalue weighted by molar-refractivity contribution is -0.138. The van der Waals surface area contributed by atoms with E-state index in [4.69, 9.17) is 0 Å². The number of urea groups is 1. The van der Waals surface area contributed by atoms with Crippen molar-refractivity contribution < 1.29 is 27.9 Å². The zero-order valence-electron chi connectivity index (χ0n) is 13.3. The fourth-order valence-corrected chi connectivity index (χ4v) is 3.39. The highest BCUT2D eigenvalue weighted by atomic mass is 19.4. The van der Waals surface area contributed by atoms with E-state index in [0.29, 0.717) is 6.54 Å². The number of nitrogens with one attached hydrogen (secondary N) is 1. The number of nitrogens with zero attached hydrogens (tertiary/aromatic N) is 2. The lowest BCUT2D eigenvalue weighted by Gasteiger charge is -2.27. The number of amides is 3. The minimum atomic E-state index is -4.52. The Labute approximate surface area is 142 Å². The van der Waals surface area contributed by atoms with Crippen LogP contribution in [0.4, 0.5) is 18.0 Å². The number of halogens is 3. The number of hydrogen-bond acceptors (Lipinski definition) is 4. The summed E-state index contributed by atoms with van der Waals surface area (Å²) in [6.07, 6.45) is -5.24. The van der Waals surface area contributed by atoms with Gasteiger partial charge in [0.15, 0.2) is 0 Å². The van der Waals surface area contributed by atoms with Crippen molar-refractivity contribution in [2.45, 2.75) is 24.7 Å². The minimum absolute atomic E-state index is 0.0326. The molecule has 6 nitrogen and oxygen atoms in total. The van der Waals surface area contributed by atoms with Crippen LogP contribution in [0.2, 0.25) is 0 Å². The summed E-state index contributed by atoms with van der Waals surface area (Å²) in [5.41, 5.74) is -0.740. The number of aliphatic hydroxyl groups is 1. The second-order valence-corrected chi connectivity index (χ2v) is 6.20. The highest BCUT2D eigenvalue weighted by Crippen LogP contribution is 2.40. The summed E-state index contributed by atoms with van der Waals surface area (Å²) in [6.45, 7) is 0.449. The summed E-state index contributed by atoms with van der Waals surface area (Å²) >= 11 is 0. The number of benzene rings is 1. The summed E-state index contributed by atoms with van der Waals surface area (Å²) < 4.78 is 39.8. The van der Waals surface area contributed by atoms with Gasteiger partial charge < -0.3 is 10.4 Å². The molecule has 0 unspecified atom stereocenters. The average molecular weight is 357 g/mol. The smallest absolute Gasteiger partial charge is 0.392 e. The SMILES string of the molecule is O=C(CN1C[C@H](O)C[C@@H]1c1ccccc1C(F)(F)F)N1CCNC1=O. The fraction of sp³-hybridized carbons (Fsp3) is 0.500. The lowest BCUT2D eigenvalue weighted by atomic mass is 9.97. The number of alkyl halides is 3. The molecular weight excluding hydrogens is 339 g/mol. The molecule has 3 rings (SSSR count). The van der Waals surface area contributed by atoms with E-state index < -0.39 is 35.8 Å². The van der Waals surface area contributed by atoms with Crippen molar-refractivity contribution in [2.75, 3.05) is 26.2 Å². The monoisotopic (exact) mass is 357 g/mol. The predicted molar refractivity (Wildman–Crippen MR) is 81.5 cm³/mol. The Morgan fingerprint density at radius 1 is 1.32 bits per heavy atom. The number of β-amino-alcohol motifs (C(OH)–C–C–N with tert-alkyl or cyclic N) is 1. The van der Waals surface area contributed by atoms with Crippen molar-refractivity contribution in [1.29, 1.82) is 0 Å². The van der Waals surface area contributed by atoms with Crippen molar-refractivity contribution in [3.05, 3.63) is 35.4 Å². The second-order valence-electron chi connectivity index (χ2n) is 6.20. The number of rotatable bonds is 3. The van der Waals surface area contributed by atoms with Gasteiger partial charge in [0.2, 0.25) is 5.91 Å². The molecule has 2 fully saturated rings. The average Bonchev–Trinajstić information content (AvgIpc) is 3.12. The number of hydrogen-bond donors (Lipinski definition) is 2. The molecule has 0 radical (unpaired) electrons. The van der Waals surface area contributed by atoms with Crippen LogP contribution in [0.15, 0.2) is 24.3 Å². The molecule has 25 heavy (non-hydrogen) atoms. The van der Waals surface area contributed by atoms with E-state index in [1.807, 2.05) is 0 Å². The Hall–Kier alpha value is -2.13. The first-order chi connectivity index (χ1) is 11.8. The Bertz CT molecular complexity index is 680. The third-order valence-electron chi connectivity index (χ3n) is 4.50. The molecular formula is C16H18F3N3O3. The van der Waals surface area contributed by atoms with E-state index in [1.54, 1.807) is 0 Å². The van der Waals surface area contributed by atoms with Crippen LogP contribution in [0, 0.1) is 0 Å². The zero-order chi connectivity index (χ0) is 18.2. The van der Waals surface area contributed by atoms with Gasteiger partial charge in [-0.25, -0.2) is 4.79 Å². The Kier molecular flexibility index (Phi) is 4.70. The number of carbonyl (C=O) groups excluding carboxylic acids is 2. The van der Waals surface area contributed by atoms with Gasteiger partial charge in [-0.3, -0.25) is 14.6 Å². The standard InChI is InChI=1S/C16H18F3N3O3/c17-16(18,19)12-4-2-1-3-11(12)13-7-10(23)8-21(13)9-14(24)22-6-5-20-15(22)25/h1-4,10,13,23H,5-9H2,(H,20,25)/t10-,13-/m1/s1. The van der Waals surface area contributed by atoms with Crippen molar-refractivity contribution in [2.24, 2.45) is 0 Å². The van der Waals surface area contributed by atoms with Gasteiger partial charge in [0.25, 0.3) is 0 Å². The first-order valence-corrected chi connectivity index (χ1v) is 7.94. The van der Waals surface area contributed by atoms with Gasteiger partial charge in [-0.2, -0.15) is 13.2 Å². The van der Waals surface area contributed by atoms with Crippen LogP contribution in [0.3, 0.4) is 0 Å². The van der Waals surface area contributed by atoms with E-state index in [1.165, 1.54) is 23.1 Å². The zero-order valence-corrected chi connectivity index (χ0v) is 13.3. The number of likely N-dealkylation sites (tertiary alicyclic amines) is 1. The highest BCUT2D eigenvalue weighted by molar-refractivity contribution is 5.96. The van der Waals surface area contributed by atoms with Crippen LogP contribution >= 0.6 is 0 Å². The molecule has 0 aromatic heterocycles. The Morgan fingerprint density at radius 2 is 2.04 bits per heavy atom. The summed E-state index contributed by atoms with van der Waals surface area (Å²) in [6, 6.07) is 3.93. The van der Waals surface area contributed by atoms with E-state index in [-0.39, 0.29) is 31.6 Å². The lowest BCUT2D eigenvalue weighted by Crippen LogP contribution is -2.42. The minimum Gasteiger partial charge on any atom is -0.392 e. The molecule has 9 heteroatoms. The summed E-state index contributed by atoms with van der Waals surface area (Å²) in [7, 11) is 0. The maximum Gasteiger partial charge on any atom is 0.416 e. The van der Waals surface area contributed by atoms with Crippen LogP contribution in [-0.4, -0.2) is 59.1 Å². The normalized spacial score (nSPS) is 24.6. The van der Waals surface area contributed by atoms with Gasteiger partial charge >= 0.3 is 12.2 Å². The van der Waals surface area contributed by atoms with Crippen molar-refractivity contribution >= 4 is 11.9 Å². The van der Waals surface area contributed by atoms with Crippen LogP contribution in [0.5, 0.6) is 0 Å². The first-order valence-electron chi connectivity index (χ1n) is 7.94.